The van der Waals surface area contributed by atoms with Crippen LogP contribution >= 0.6 is 24.0 Å². The first-order chi connectivity index (χ1) is 14.0. The Morgan fingerprint density at radius 1 is 1.13 bits per heavy atom. The van der Waals surface area contributed by atoms with Crippen LogP contribution in [-0.2, 0) is 17.8 Å². The van der Waals surface area contributed by atoms with Gasteiger partial charge in [-0.15, -0.1) is 24.0 Å². The molecule has 7 nitrogen and oxygen atoms in total. The predicted molar refractivity (Wildman–Crippen MR) is 134 cm³/mol. The largest absolute Gasteiger partial charge is 0.491 e. The van der Waals surface area contributed by atoms with Crippen molar-refractivity contribution in [1.29, 1.82) is 0 Å². The number of nitrogens with one attached hydrogen (secondary N) is 2. The molecule has 0 saturated carbocycles. The zero-order valence-corrected chi connectivity index (χ0v) is 20.9. The Balaban J connectivity index is 0.00000450. The molecule has 1 aromatic carbocycles. The van der Waals surface area contributed by atoms with Gasteiger partial charge in [-0.3, -0.25) is 0 Å². The highest BCUT2D eigenvalue weighted by Crippen LogP contribution is 2.21. The first kappa shape index (κ1) is 26.0. The van der Waals surface area contributed by atoms with Gasteiger partial charge in [-0.1, -0.05) is 18.2 Å². The van der Waals surface area contributed by atoms with E-state index in [9.17, 15) is 0 Å². The lowest BCUT2D eigenvalue weighted by Gasteiger charge is -2.15. The molecular weight excluding hydrogens is 493 g/mol. The monoisotopic (exact) mass is 527 g/mol. The van der Waals surface area contributed by atoms with Gasteiger partial charge >= 0.3 is 0 Å². The van der Waals surface area contributed by atoms with Crippen LogP contribution in [0.2, 0.25) is 0 Å². The van der Waals surface area contributed by atoms with E-state index in [-0.39, 0.29) is 24.0 Å². The fraction of sp³-hybridized carbons (Fsp3) is 0.455. The van der Waals surface area contributed by atoms with Crippen LogP contribution < -0.4 is 20.3 Å². The number of nitrogens with zero attached hydrogens (tertiary/aromatic N) is 3. The van der Waals surface area contributed by atoms with Crippen molar-refractivity contribution in [2.75, 3.05) is 45.9 Å². The highest BCUT2D eigenvalue weighted by Gasteiger charge is 2.06. The summed E-state index contributed by atoms with van der Waals surface area (Å²) in [5.41, 5.74) is 3.15. The van der Waals surface area contributed by atoms with E-state index in [0.717, 1.165) is 40.9 Å². The van der Waals surface area contributed by atoms with E-state index in [1.807, 2.05) is 50.2 Å². The Hall–Kier alpha value is -2.07. The minimum Gasteiger partial charge on any atom is -0.491 e. The van der Waals surface area contributed by atoms with Crippen molar-refractivity contribution in [2.45, 2.75) is 26.9 Å². The lowest BCUT2D eigenvalue weighted by atomic mass is 10.1. The van der Waals surface area contributed by atoms with Crippen LogP contribution in [0, 0.1) is 6.92 Å². The second-order valence-electron chi connectivity index (χ2n) is 6.88. The summed E-state index contributed by atoms with van der Waals surface area (Å²) in [4.78, 5) is 11.3. The first-order valence-electron chi connectivity index (χ1n) is 9.90. The van der Waals surface area contributed by atoms with Crippen molar-refractivity contribution in [3.63, 3.8) is 0 Å². The number of ether oxygens (including phenoxy) is 2. The number of halogens is 1. The molecule has 0 aliphatic heterocycles. The number of hydrogen-bond donors (Lipinski definition) is 2. The molecule has 8 heteroatoms. The van der Waals surface area contributed by atoms with Crippen LogP contribution in [0.5, 0.6) is 5.75 Å². The number of guanidine groups is 1. The summed E-state index contributed by atoms with van der Waals surface area (Å²) in [5.74, 6) is 2.53. The molecule has 1 aromatic heterocycles. The van der Waals surface area contributed by atoms with Crippen molar-refractivity contribution >= 4 is 35.8 Å². The molecule has 0 amide bonds. The number of aliphatic imine (C=N–C) groups is 1. The van der Waals surface area contributed by atoms with E-state index in [1.165, 1.54) is 0 Å². The van der Waals surface area contributed by atoms with Gasteiger partial charge in [-0.05, 0) is 37.6 Å². The van der Waals surface area contributed by atoms with E-state index < -0.39 is 0 Å². The number of methoxy groups -OCH3 is 1. The minimum atomic E-state index is 0. The Bertz CT molecular complexity index is 799. The Labute approximate surface area is 197 Å². The number of pyridine rings is 1. The molecule has 0 aliphatic rings. The van der Waals surface area contributed by atoms with Gasteiger partial charge in [0.2, 0.25) is 0 Å². The van der Waals surface area contributed by atoms with Gasteiger partial charge in [0, 0.05) is 33.3 Å². The van der Waals surface area contributed by atoms with E-state index in [1.54, 1.807) is 7.11 Å². The Morgan fingerprint density at radius 2 is 1.93 bits per heavy atom. The van der Waals surface area contributed by atoms with E-state index in [4.69, 9.17) is 14.5 Å². The number of aryl methyl sites for hydroxylation is 1. The summed E-state index contributed by atoms with van der Waals surface area (Å²) in [6.45, 7) is 7.07. The highest BCUT2D eigenvalue weighted by molar-refractivity contribution is 14.0. The van der Waals surface area contributed by atoms with Gasteiger partial charge in [0.25, 0.3) is 0 Å². The molecule has 2 aromatic rings. The smallest absolute Gasteiger partial charge is 0.191 e. The molecule has 0 radical (unpaired) electrons. The summed E-state index contributed by atoms with van der Waals surface area (Å²) in [6, 6.07) is 12.2. The van der Waals surface area contributed by atoms with Crippen molar-refractivity contribution in [3.8, 4) is 5.75 Å². The zero-order chi connectivity index (χ0) is 21.1. The number of rotatable bonds is 10. The van der Waals surface area contributed by atoms with Crippen LogP contribution in [0.4, 0.5) is 5.82 Å². The molecule has 2 N–H and O–H groups in total. The van der Waals surface area contributed by atoms with Gasteiger partial charge in [0.15, 0.2) is 5.96 Å². The standard InChI is InChI=1S/C22H33N5O2.HI/c1-6-23-22(25-16-19-8-7-9-21(26-19)27(3)4)24-15-18-11-10-17(2)14-20(18)29-13-12-28-5;/h7-11,14H,6,12-13,15-16H2,1-5H3,(H2,23,24,25);1H. The molecule has 0 saturated heterocycles. The fourth-order valence-corrected chi connectivity index (χ4v) is 2.66. The van der Waals surface area contributed by atoms with Crippen LogP contribution in [0.1, 0.15) is 23.7 Å². The third-order valence-corrected chi connectivity index (χ3v) is 4.21. The number of anilines is 1. The van der Waals surface area contributed by atoms with Crippen molar-refractivity contribution in [2.24, 2.45) is 4.99 Å². The van der Waals surface area contributed by atoms with Gasteiger partial charge in [0.05, 0.1) is 25.4 Å². The topological polar surface area (TPSA) is 71.0 Å². The molecule has 166 valence electrons. The quantitative estimate of drug-likeness (QED) is 0.214. The second kappa shape index (κ2) is 14.0. The van der Waals surface area contributed by atoms with E-state index in [0.29, 0.717) is 26.3 Å². The number of benzene rings is 1. The lowest BCUT2D eigenvalue weighted by molar-refractivity contribution is 0.145. The summed E-state index contributed by atoms with van der Waals surface area (Å²) in [7, 11) is 5.64. The fourth-order valence-electron chi connectivity index (χ4n) is 2.66. The third kappa shape index (κ3) is 8.74. The van der Waals surface area contributed by atoms with Gasteiger partial charge in [0.1, 0.15) is 18.2 Å². The maximum Gasteiger partial charge on any atom is 0.191 e. The average Bonchev–Trinajstić information content (AvgIpc) is 2.71. The van der Waals surface area contributed by atoms with Crippen LogP contribution in [0.15, 0.2) is 41.4 Å². The molecule has 0 unspecified atom stereocenters. The van der Waals surface area contributed by atoms with E-state index in [2.05, 4.69) is 34.7 Å². The van der Waals surface area contributed by atoms with Crippen LogP contribution in [-0.4, -0.2) is 51.9 Å². The predicted octanol–water partition coefficient (Wildman–Crippen LogP) is 3.35. The lowest BCUT2D eigenvalue weighted by Crippen LogP contribution is -2.37. The molecule has 0 spiro atoms. The SMILES string of the molecule is CCNC(=NCc1ccc(C)cc1OCCOC)NCc1cccc(N(C)C)n1.I. The van der Waals surface area contributed by atoms with Gasteiger partial charge < -0.3 is 25.0 Å². The Kier molecular flexibility index (Phi) is 12.1. The minimum absolute atomic E-state index is 0. The van der Waals surface area contributed by atoms with Crippen molar-refractivity contribution in [1.82, 2.24) is 15.6 Å². The maximum absolute atomic E-state index is 5.87. The summed E-state index contributed by atoms with van der Waals surface area (Å²) in [5, 5.41) is 6.64. The number of hydrogen-bond acceptors (Lipinski definition) is 5. The summed E-state index contributed by atoms with van der Waals surface area (Å²) in [6.07, 6.45) is 0. The van der Waals surface area contributed by atoms with Gasteiger partial charge in [-0.2, -0.15) is 0 Å². The second-order valence-corrected chi connectivity index (χ2v) is 6.88. The number of aromatic nitrogens is 1. The third-order valence-electron chi connectivity index (χ3n) is 4.21. The van der Waals surface area contributed by atoms with Crippen LogP contribution in [0.25, 0.3) is 0 Å². The zero-order valence-electron chi connectivity index (χ0n) is 18.6. The molecule has 2 rings (SSSR count). The van der Waals surface area contributed by atoms with E-state index >= 15 is 0 Å². The Morgan fingerprint density at radius 3 is 2.63 bits per heavy atom. The molecule has 0 atom stereocenters. The molecule has 1 heterocycles. The summed E-state index contributed by atoms with van der Waals surface area (Å²) < 4.78 is 10.9. The first-order valence-corrected chi connectivity index (χ1v) is 9.90. The average molecular weight is 527 g/mol. The maximum atomic E-state index is 5.87. The molecule has 0 bridgehead atoms. The van der Waals surface area contributed by atoms with Crippen molar-refractivity contribution < 1.29 is 9.47 Å². The van der Waals surface area contributed by atoms with Crippen molar-refractivity contribution in [3.05, 3.63) is 53.2 Å². The normalized spacial score (nSPS) is 10.9. The van der Waals surface area contributed by atoms with Crippen LogP contribution in [0.3, 0.4) is 0 Å². The molecule has 0 aliphatic carbocycles. The highest BCUT2D eigenvalue weighted by atomic mass is 127. The molecule has 30 heavy (non-hydrogen) atoms. The summed E-state index contributed by atoms with van der Waals surface area (Å²) >= 11 is 0. The molecule has 0 fully saturated rings. The molecular formula is C22H34IN5O2. The van der Waals surface area contributed by atoms with Gasteiger partial charge in [-0.25, -0.2) is 9.98 Å².